The second kappa shape index (κ2) is 7.74. The molecule has 1 amide bonds. The molecular formula is C22H26N2O3. The summed E-state index contributed by atoms with van der Waals surface area (Å²) in [6.07, 6.45) is 2.16. The molecule has 1 N–H and O–H groups in total. The zero-order valence-corrected chi connectivity index (χ0v) is 16.5. The molecule has 0 unspecified atom stereocenters. The Bertz CT molecular complexity index is 973. The molecule has 0 atom stereocenters. The maximum absolute atomic E-state index is 11.3. The maximum Gasteiger partial charge on any atom is 0.217 e. The van der Waals surface area contributed by atoms with Gasteiger partial charge in [-0.05, 0) is 32.0 Å². The van der Waals surface area contributed by atoms with Crippen molar-refractivity contribution >= 4 is 16.8 Å². The standard InChI is InChI=1S/C22H26N2O3/c1-14(2)24-13-20(19-11-17(26-4)9-10-21(19)24)18-8-6-7-16(22(18)27-5)12-23-15(3)25/h6-11,13-14H,12H2,1-5H3,(H,23,25). The van der Waals surface area contributed by atoms with E-state index >= 15 is 0 Å². The van der Waals surface area contributed by atoms with Crippen LogP contribution in [0.25, 0.3) is 22.0 Å². The molecule has 0 fully saturated rings. The minimum absolute atomic E-state index is 0.0661. The van der Waals surface area contributed by atoms with Gasteiger partial charge in [0.2, 0.25) is 5.91 Å². The van der Waals surface area contributed by atoms with Gasteiger partial charge in [0.05, 0.1) is 14.2 Å². The first-order chi connectivity index (χ1) is 13.0. The molecule has 3 aromatic rings. The number of carbonyl (C=O) groups is 1. The number of fused-ring (bicyclic) bond motifs is 1. The van der Waals surface area contributed by atoms with Crippen molar-refractivity contribution in [1.29, 1.82) is 0 Å². The normalized spacial score (nSPS) is 11.0. The molecule has 5 nitrogen and oxygen atoms in total. The number of hydrogen-bond acceptors (Lipinski definition) is 3. The van der Waals surface area contributed by atoms with Crippen molar-refractivity contribution in [2.24, 2.45) is 0 Å². The van der Waals surface area contributed by atoms with Gasteiger partial charge in [0.15, 0.2) is 0 Å². The van der Waals surface area contributed by atoms with Gasteiger partial charge in [-0.1, -0.05) is 18.2 Å². The van der Waals surface area contributed by atoms with E-state index in [0.29, 0.717) is 12.6 Å². The summed E-state index contributed by atoms with van der Waals surface area (Å²) >= 11 is 0. The zero-order chi connectivity index (χ0) is 19.6. The van der Waals surface area contributed by atoms with E-state index in [1.807, 2.05) is 18.2 Å². The first-order valence-electron chi connectivity index (χ1n) is 9.05. The molecule has 0 saturated heterocycles. The molecular weight excluding hydrogens is 340 g/mol. The van der Waals surface area contributed by atoms with Crippen molar-refractivity contribution in [3.63, 3.8) is 0 Å². The van der Waals surface area contributed by atoms with Crippen LogP contribution < -0.4 is 14.8 Å². The van der Waals surface area contributed by atoms with Gasteiger partial charge in [-0.2, -0.15) is 0 Å². The van der Waals surface area contributed by atoms with E-state index in [4.69, 9.17) is 9.47 Å². The van der Waals surface area contributed by atoms with Crippen molar-refractivity contribution in [3.05, 3.63) is 48.2 Å². The Kier molecular flexibility index (Phi) is 5.40. The monoisotopic (exact) mass is 366 g/mol. The van der Waals surface area contributed by atoms with Crippen LogP contribution in [-0.2, 0) is 11.3 Å². The zero-order valence-electron chi connectivity index (χ0n) is 16.5. The van der Waals surface area contributed by atoms with E-state index < -0.39 is 0 Å². The number of methoxy groups -OCH3 is 2. The van der Waals surface area contributed by atoms with Gasteiger partial charge < -0.3 is 19.4 Å². The molecule has 3 rings (SSSR count). The average Bonchev–Trinajstić information content (AvgIpc) is 3.04. The number of rotatable bonds is 6. The molecule has 0 spiro atoms. The predicted molar refractivity (Wildman–Crippen MR) is 108 cm³/mol. The summed E-state index contributed by atoms with van der Waals surface area (Å²) in [5.41, 5.74) is 4.17. The van der Waals surface area contributed by atoms with E-state index in [2.05, 4.69) is 48.1 Å². The van der Waals surface area contributed by atoms with Gasteiger partial charge in [0, 0.05) is 53.3 Å². The van der Waals surface area contributed by atoms with Crippen molar-refractivity contribution in [1.82, 2.24) is 9.88 Å². The van der Waals surface area contributed by atoms with Gasteiger partial charge in [0.1, 0.15) is 11.5 Å². The van der Waals surface area contributed by atoms with Crippen LogP contribution in [0.4, 0.5) is 0 Å². The fourth-order valence-corrected chi connectivity index (χ4v) is 3.40. The van der Waals surface area contributed by atoms with E-state index in [-0.39, 0.29) is 5.91 Å². The number of amides is 1. The van der Waals surface area contributed by atoms with Gasteiger partial charge in [-0.3, -0.25) is 4.79 Å². The summed E-state index contributed by atoms with van der Waals surface area (Å²) < 4.78 is 13.4. The lowest BCUT2D eigenvalue weighted by atomic mass is 10.0. The summed E-state index contributed by atoms with van der Waals surface area (Å²) in [7, 11) is 3.34. The molecule has 5 heteroatoms. The molecule has 27 heavy (non-hydrogen) atoms. The Balaban J connectivity index is 2.22. The average molecular weight is 366 g/mol. The molecule has 0 aliphatic rings. The Morgan fingerprint density at radius 3 is 2.52 bits per heavy atom. The fraction of sp³-hybridized carbons (Fsp3) is 0.318. The molecule has 142 valence electrons. The van der Waals surface area contributed by atoms with Crippen LogP contribution in [0.2, 0.25) is 0 Å². The SMILES string of the molecule is COc1ccc2c(c1)c(-c1cccc(CNC(C)=O)c1OC)cn2C(C)C. The van der Waals surface area contributed by atoms with Crippen LogP contribution in [0.5, 0.6) is 11.5 Å². The van der Waals surface area contributed by atoms with Crippen molar-refractivity contribution < 1.29 is 14.3 Å². The van der Waals surface area contributed by atoms with Crippen LogP contribution in [0.15, 0.2) is 42.6 Å². The highest BCUT2D eigenvalue weighted by molar-refractivity contribution is 5.98. The van der Waals surface area contributed by atoms with Crippen molar-refractivity contribution in [2.45, 2.75) is 33.4 Å². The van der Waals surface area contributed by atoms with Gasteiger partial charge in [0.25, 0.3) is 0 Å². The quantitative estimate of drug-likeness (QED) is 0.697. The minimum Gasteiger partial charge on any atom is -0.497 e. The summed E-state index contributed by atoms with van der Waals surface area (Å²) in [4.78, 5) is 11.3. The second-order valence-corrected chi connectivity index (χ2v) is 6.83. The third-order valence-corrected chi connectivity index (χ3v) is 4.72. The van der Waals surface area contributed by atoms with Gasteiger partial charge in [-0.25, -0.2) is 0 Å². The number of aromatic nitrogens is 1. The van der Waals surface area contributed by atoms with Gasteiger partial charge in [-0.15, -0.1) is 0 Å². The molecule has 2 aromatic carbocycles. The van der Waals surface area contributed by atoms with E-state index in [9.17, 15) is 4.79 Å². The van der Waals surface area contributed by atoms with Crippen LogP contribution >= 0.6 is 0 Å². The molecule has 0 radical (unpaired) electrons. The lowest BCUT2D eigenvalue weighted by Gasteiger charge is -2.14. The van der Waals surface area contributed by atoms with E-state index in [1.54, 1.807) is 14.2 Å². The van der Waals surface area contributed by atoms with Crippen LogP contribution in [0.3, 0.4) is 0 Å². The molecule has 1 aromatic heterocycles. The maximum atomic E-state index is 11.3. The highest BCUT2D eigenvalue weighted by Crippen LogP contribution is 2.40. The third-order valence-electron chi connectivity index (χ3n) is 4.72. The molecule has 0 saturated carbocycles. The smallest absolute Gasteiger partial charge is 0.217 e. The predicted octanol–water partition coefficient (Wildman–Crippen LogP) is 4.54. The Morgan fingerprint density at radius 1 is 1.11 bits per heavy atom. The Morgan fingerprint density at radius 2 is 1.89 bits per heavy atom. The van der Waals surface area contributed by atoms with Crippen LogP contribution in [0, 0.1) is 0 Å². The lowest BCUT2D eigenvalue weighted by Crippen LogP contribution is -2.19. The number of ether oxygens (including phenoxy) is 2. The molecule has 0 aliphatic carbocycles. The van der Waals surface area contributed by atoms with Crippen molar-refractivity contribution in [3.8, 4) is 22.6 Å². The fourth-order valence-electron chi connectivity index (χ4n) is 3.40. The lowest BCUT2D eigenvalue weighted by molar-refractivity contribution is -0.119. The summed E-state index contributed by atoms with van der Waals surface area (Å²) in [5, 5.41) is 3.96. The Hall–Kier alpha value is -2.95. The highest BCUT2D eigenvalue weighted by Gasteiger charge is 2.18. The first-order valence-corrected chi connectivity index (χ1v) is 9.05. The Labute approximate surface area is 159 Å². The number of nitrogens with one attached hydrogen (secondary N) is 1. The summed E-state index contributed by atoms with van der Waals surface area (Å²) in [6, 6.07) is 12.5. The number of para-hydroxylation sites is 1. The van der Waals surface area contributed by atoms with E-state index in [1.165, 1.54) is 6.92 Å². The first kappa shape index (κ1) is 18.8. The third kappa shape index (κ3) is 3.63. The summed E-state index contributed by atoms with van der Waals surface area (Å²) in [6.45, 7) is 6.27. The number of nitrogens with zero attached hydrogens (tertiary/aromatic N) is 1. The number of carbonyl (C=O) groups excluding carboxylic acids is 1. The van der Waals surface area contributed by atoms with E-state index in [0.717, 1.165) is 39.1 Å². The molecule has 0 aliphatic heterocycles. The molecule has 0 bridgehead atoms. The van der Waals surface area contributed by atoms with Crippen molar-refractivity contribution in [2.75, 3.05) is 14.2 Å². The number of benzene rings is 2. The molecule has 1 heterocycles. The largest absolute Gasteiger partial charge is 0.497 e. The minimum atomic E-state index is -0.0661. The topological polar surface area (TPSA) is 52.5 Å². The van der Waals surface area contributed by atoms with Gasteiger partial charge >= 0.3 is 0 Å². The number of hydrogen-bond donors (Lipinski definition) is 1. The van der Waals surface area contributed by atoms with Crippen LogP contribution in [-0.4, -0.2) is 24.7 Å². The summed E-state index contributed by atoms with van der Waals surface area (Å²) in [5.74, 6) is 1.53. The second-order valence-electron chi connectivity index (χ2n) is 6.83. The highest BCUT2D eigenvalue weighted by atomic mass is 16.5. The van der Waals surface area contributed by atoms with Crippen LogP contribution in [0.1, 0.15) is 32.4 Å².